The van der Waals surface area contributed by atoms with Crippen LogP contribution >= 0.6 is 11.6 Å². The molecule has 0 bridgehead atoms. The van der Waals surface area contributed by atoms with Crippen molar-refractivity contribution in [1.82, 2.24) is 14.1 Å². The summed E-state index contributed by atoms with van der Waals surface area (Å²) in [5, 5.41) is 23.3. The standard InChI is InChI=1S/C27H26ClFN4O3S/c1-17-23-15-31-33(22-7-5-21(29)6-8-22)25(23)13-19-3-4-20(27(17)19)16-32(10-11-34)37(35,36)26-9-2-18(14-30)12-24(26)28/h2,5-9,12,15,17,20,34H,3-4,10-11,13,16H2,1H3/t17-,20+/m0/s1. The molecule has 10 heteroatoms. The fourth-order valence-electron chi connectivity index (χ4n) is 5.66. The number of aliphatic hydroxyl groups is 1. The molecule has 0 radical (unpaired) electrons. The molecule has 0 unspecified atom stereocenters. The molecule has 37 heavy (non-hydrogen) atoms. The largest absolute Gasteiger partial charge is 0.395 e. The molecule has 0 spiro atoms. The monoisotopic (exact) mass is 540 g/mol. The van der Waals surface area contributed by atoms with Gasteiger partial charge in [0.1, 0.15) is 10.7 Å². The minimum absolute atomic E-state index is 0.00852. The molecule has 2 atom stereocenters. The summed E-state index contributed by atoms with van der Waals surface area (Å²) in [4.78, 5) is -0.0756. The van der Waals surface area contributed by atoms with Gasteiger partial charge in [0.05, 0.1) is 40.8 Å². The first-order valence-corrected chi connectivity index (χ1v) is 13.9. The van der Waals surface area contributed by atoms with Crippen LogP contribution in [0, 0.1) is 23.1 Å². The molecule has 0 saturated heterocycles. The minimum atomic E-state index is -4.00. The number of rotatable bonds is 7. The van der Waals surface area contributed by atoms with Crippen molar-refractivity contribution in [2.75, 3.05) is 19.7 Å². The molecule has 1 aromatic heterocycles. The third-order valence-corrected chi connectivity index (χ3v) is 9.73. The number of aliphatic hydroxyl groups excluding tert-OH is 1. The number of aromatic nitrogens is 2. The van der Waals surface area contributed by atoms with E-state index >= 15 is 0 Å². The Kier molecular flexibility index (Phi) is 6.94. The summed E-state index contributed by atoms with van der Waals surface area (Å²) in [6.07, 6.45) is 4.21. The summed E-state index contributed by atoms with van der Waals surface area (Å²) in [6, 6.07) is 12.3. The number of sulfonamides is 1. The van der Waals surface area contributed by atoms with Gasteiger partial charge in [-0.25, -0.2) is 17.5 Å². The highest BCUT2D eigenvalue weighted by atomic mass is 35.5. The van der Waals surface area contributed by atoms with Crippen LogP contribution in [0.15, 0.2) is 64.7 Å². The molecule has 7 nitrogen and oxygen atoms in total. The zero-order chi connectivity index (χ0) is 26.3. The molecule has 2 aromatic carbocycles. The highest BCUT2D eigenvalue weighted by molar-refractivity contribution is 7.89. The van der Waals surface area contributed by atoms with Crippen molar-refractivity contribution in [3.05, 3.63) is 87.5 Å². The van der Waals surface area contributed by atoms with Crippen molar-refractivity contribution in [3.63, 3.8) is 0 Å². The number of allylic oxidation sites excluding steroid dienone is 1. The van der Waals surface area contributed by atoms with Gasteiger partial charge < -0.3 is 5.11 Å². The van der Waals surface area contributed by atoms with Crippen LogP contribution in [0.5, 0.6) is 0 Å². The lowest BCUT2D eigenvalue weighted by Crippen LogP contribution is -2.38. The quantitative estimate of drug-likeness (QED) is 0.442. The van der Waals surface area contributed by atoms with Crippen LogP contribution < -0.4 is 0 Å². The summed E-state index contributed by atoms with van der Waals surface area (Å²) in [7, 11) is -4.00. The predicted octanol–water partition coefficient (Wildman–Crippen LogP) is 4.59. The van der Waals surface area contributed by atoms with Crippen molar-refractivity contribution < 1.29 is 17.9 Å². The zero-order valence-electron chi connectivity index (χ0n) is 20.2. The van der Waals surface area contributed by atoms with Gasteiger partial charge in [-0.05, 0) is 61.2 Å². The molecule has 2 aliphatic carbocycles. The van der Waals surface area contributed by atoms with Crippen molar-refractivity contribution >= 4 is 21.6 Å². The molecule has 3 aromatic rings. The van der Waals surface area contributed by atoms with Crippen LogP contribution in [0.4, 0.5) is 4.39 Å². The highest BCUT2D eigenvalue weighted by Gasteiger charge is 2.39. The molecular weight excluding hydrogens is 515 g/mol. The number of nitriles is 1. The second-order valence-electron chi connectivity index (χ2n) is 9.47. The van der Waals surface area contributed by atoms with Gasteiger partial charge in [0.25, 0.3) is 0 Å². The van der Waals surface area contributed by atoms with E-state index in [1.165, 1.54) is 45.8 Å². The normalized spacial score (nSPS) is 19.1. The number of benzene rings is 2. The summed E-state index contributed by atoms with van der Waals surface area (Å²) in [5.74, 6) is -0.255. The smallest absolute Gasteiger partial charge is 0.244 e. The number of hydrogen-bond donors (Lipinski definition) is 1. The Labute approximate surface area is 220 Å². The Balaban J connectivity index is 1.43. The first-order valence-electron chi connectivity index (χ1n) is 12.1. The number of nitrogens with zero attached hydrogens (tertiary/aromatic N) is 4. The van der Waals surface area contributed by atoms with E-state index in [4.69, 9.17) is 16.9 Å². The van der Waals surface area contributed by atoms with Crippen LogP contribution in [0.1, 0.15) is 42.5 Å². The van der Waals surface area contributed by atoms with Crippen LogP contribution in [-0.2, 0) is 16.4 Å². The third kappa shape index (κ3) is 4.59. The molecule has 5 rings (SSSR count). The van der Waals surface area contributed by atoms with Crippen LogP contribution in [0.2, 0.25) is 5.02 Å². The summed E-state index contributed by atoms with van der Waals surface area (Å²) >= 11 is 6.25. The maximum Gasteiger partial charge on any atom is 0.244 e. The maximum atomic E-state index is 13.5. The summed E-state index contributed by atoms with van der Waals surface area (Å²) in [6.45, 7) is 1.96. The average molecular weight is 541 g/mol. The van der Waals surface area contributed by atoms with Crippen molar-refractivity contribution in [2.24, 2.45) is 5.92 Å². The summed E-state index contributed by atoms with van der Waals surface area (Å²) < 4.78 is 43.7. The van der Waals surface area contributed by atoms with Crippen LogP contribution in [-0.4, -0.2) is 47.3 Å². The second-order valence-corrected chi connectivity index (χ2v) is 11.8. The van der Waals surface area contributed by atoms with E-state index in [0.717, 1.165) is 29.8 Å². The molecule has 0 fully saturated rings. The van der Waals surface area contributed by atoms with Gasteiger partial charge in [0.2, 0.25) is 10.0 Å². The molecular formula is C27H26ClFN4O3S. The van der Waals surface area contributed by atoms with Crippen molar-refractivity contribution in [1.29, 1.82) is 5.26 Å². The van der Waals surface area contributed by atoms with Crippen molar-refractivity contribution in [3.8, 4) is 11.8 Å². The molecule has 1 N–H and O–H groups in total. The van der Waals surface area contributed by atoms with E-state index in [9.17, 15) is 17.9 Å². The molecule has 0 aliphatic heterocycles. The van der Waals surface area contributed by atoms with E-state index in [0.29, 0.717) is 6.42 Å². The lowest BCUT2D eigenvalue weighted by Gasteiger charge is -2.30. The van der Waals surface area contributed by atoms with E-state index in [1.54, 1.807) is 12.1 Å². The average Bonchev–Trinajstić information content (AvgIpc) is 3.49. The molecule has 0 saturated carbocycles. The van der Waals surface area contributed by atoms with Crippen molar-refractivity contribution in [2.45, 2.75) is 37.0 Å². The first-order chi connectivity index (χ1) is 17.7. The van der Waals surface area contributed by atoms with Gasteiger partial charge in [-0.1, -0.05) is 29.7 Å². The highest BCUT2D eigenvalue weighted by Crippen LogP contribution is 2.47. The van der Waals surface area contributed by atoms with E-state index < -0.39 is 10.0 Å². The fourth-order valence-corrected chi connectivity index (χ4v) is 7.66. The Hall–Kier alpha value is -3.03. The maximum absolute atomic E-state index is 13.5. The van der Waals surface area contributed by atoms with Gasteiger partial charge in [-0.2, -0.15) is 14.7 Å². The third-order valence-electron chi connectivity index (χ3n) is 7.38. The topological polar surface area (TPSA) is 99.2 Å². The van der Waals surface area contributed by atoms with Gasteiger partial charge >= 0.3 is 0 Å². The van der Waals surface area contributed by atoms with Gasteiger partial charge in [-0.3, -0.25) is 0 Å². The molecule has 1 heterocycles. The fraction of sp³-hybridized carbons (Fsp3) is 0.333. The molecule has 192 valence electrons. The Morgan fingerprint density at radius 2 is 2.03 bits per heavy atom. The van der Waals surface area contributed by atoms with Gasteiger partial charge in [0.15, 0.2) is 0 Å². The second kappa shape index (κ2) is 10.0. The number of hydrogen-bond acceptors (Lipinski definition) is 5. The number of fused-ring (bicyclic) bond motifs is 1. The van der Waals surface area contributed by atoms with Crippen LogP contribution in [0.3, 0.4) is 0 Å². The lowest BCUT2D eigenvalue weighted by molar-refractivity contribution is 0.243. The van der Waals surface area contributed by atoms with Gasteiger partial charge in [-0.15, -0.1) is 0 Å². The SMILES string of the molecule is C[C@@H]1C2=C(CC[C@@H]2CN(CCO)S(=O)(=O)c2ccc(C#N)cc2Cl)Cc2c1cnn2-c1ccc(F)cc1. The van der Waals surface area contributed by atoms with Crippen LogP contribution in [0.25, 0.3) is 5.69 Å². The van der Waals surface area contributed by atoms with E-state index in [-0.39, 0.29) is 52.8 Å². The Morgan fingerprint density at radius 3 is 2.70 bits per heavy atom. The van der Waals surface area contributed by atoms with E-state index in [2.05, 4.69) is 12.0 Å². The predicted molar refractivity (Wildman–Crippen MR) is 137 cm³/mol. The zero-order valence-corrected chi connectivity index (χ0v) is 21.8. The Bertz CT molecular complexity index is 1530. The molecule has 2 aliphatic rings. The summed E-state index contributed by atoms with van der Waals surface area (Å²) in [5.41, 5.74) is 5.75. The first kappa shape index (κ1) is 25.6. The number of halogens is 2. The minimum Gasteiger partial charge on any atom is -0.395 e. The molecule has 0 amide bonds. The Morgan fingerprint density at radius 1 is 1.27 bits per heavy atom. The van der Waals surface area contributed by atoms with Gasteiger partial charge in [0, 0.05) is 31.0 Å². The van der Waals surface area contributed by atoms with E-state index in [1.807, 2.05) is 16.9 Å². The lowest BCUT2D eigenvalue weighted by atomic mass is 9.80.